The highest BCUT2D eigenvalue weighted by Gasteiger charge is 2.12. The van der Waals surface area contributed by atoms with Gasteiger partial charge in [-0.05, 0) is 24.6 Å². The fourth-order valence-corrected chi connectivity index (χ4v) is 1.73. The normalized spacial score (nSPS) is 11.0. The van der Waals surface area contributed by atoms with Crippen LogP contribution in [0.1, 0.15) is 30.4 Å². The molecule has 5 nitrogen and oxygen atoms in total. The number of hydrogen-bond donors (Lipinski definition) is 2. The van der Waals surface area contributed by atoms with E-state index in [1.807, 2.05) is 31.2 Å². The Bertz CT molecular complexity index is 583. The maximum Gasteiger partial charge on any atom is 0.305 e. The van der Waals surface area contributed by atoms with E-state index in [1.54, 1.807) is 6.08 Å². The number of amides is 1. The Morgan fingerprint density at radius 2 is 2.00 bits per heavy atom. The third kappa shape index (κ3) is 7.22. The van der Waals surface area contributed by atoms with Crippen molar-refractivity contribution in [1.82, 2.24) is 5.32 Å². The van der Waals surface area contributed by atoms with Gasteiger partial charge in [-0.2, -0.15) is 0 Å². The fraction of sp³-hybridized carbons (Fsp3) is 0.294. The number of nitrogens with one attached hydrogen (secondary N) is 1. The zero-order chi connectivity index (χ0) is 16.4. The number of benzene rings is 1. The first-order valence-corrected chi connectivity index (χ1v) is 6.95. The number of carboxylic acids is 1. The third-order valence-corrected chi connectivity index (χ3v) is 2.85. The number of hydrogen-bond acceptors (Lipinski definition) is 3. The van der Waals surface area contributed by atoms with E-state index < -0.39 is 12.0 Å². The summed E-state index contributed by atoms with van der Waals surface area (Å²) < 4.78 is 0. The third-order valence-electron chi connectivity index (χ3n) is 2.85. The average molecular weight is 301 g/mol. The van der Waals surface area contributed by atoms with Crippen LogP contribution < -0.4 is 5.32 Å². The lowest BCUT2D eigenvalue weighted by molar-refractivity contribution is -0.137. The SMILES string of the molecule is Cc1ccc(C=C=CC(CC(=O)O)NC(=O)CCC=O)cc1. The topological polar surface area (TPSA) is 83.5 Å². The van der Waals surface area contributed by atoms with Gasteiger partial charge in [-0.15, -0.1) is 5.73 Å². The zero-order valence-corrected chi connectivity index (χ0v) is 12.4. The second-order valence-electron chi connectivity index (χ2n) is 4.87. The summed E-state index contributed by atoms with van der Waals surface area (Å²) in [5.41, 5.74) is 4.97. The van der Waals surface area contributed by atoms with Crippen molar-refractivity contribution >= 4 is 24.2 Å². The molecule has 0 spiro atoms. The molecular weight excluding hydrogens is 282 g/mol. The highest BCUT2D eigenvalue weighted by Crippen LogP contribution is 2.04. The van der Waals surface area contributed by atoms with Crippen molar-refractivity contribution < 1.29 is 19.5 Å². The molecule has 5 heteroatoms. The van der Waals surface area contributed by atoms with Crippen LogP contribution in [0.25, 0.3) is 6.08 Å². The summed E-state index contributed by atoms with van der Waals surface area (Å²) in [6.45, 7) is 1.99. The van der Waals surface area contributed by atoms with Crippen molar-refractivity contribution in [1.29, 1.82) is 0 Å². The minimum Gasteiger partial charge on any atom is -0.481 e. The monoisotopic (exact) mass is 301 g/mol. The fourth-order valence-electron chi connectivity index (χ4n) is 1.73. The summed E-state index contributed by atoms with van der Waals surface area (Å²) in [5, 5.41) is 11.4. The van der Waals surface area contributed by atoms with Gasteiger partial charge in [0.05, 0.1) is 12.5 Å². The molecule has 2 N–H and O–H groups in total. The van der Waals surface area contributed by atoms with Gasteiger partial charge in [0.1, 0.15) is 6.29 Å². The Morgan fingerprint density at radius 1 is 1.32 bits per heavy atom. The number of carbonyl (C=O) groups excluding carboxylic acids is 2. The lowest BCUT2D eigenvalue weighted by atomic mass is 10.1. The number of carboxylic acid groups (broad SMARTS) is 1. The summed E-state index contributed by atoms with van der Waals surface area (Å²) in [7, 11) is 0. The first kappa shape index (κ1) is 17.4. The molecule has 0 aliphatic rings. The van der Waals surface area contributed by atoms with Crippen LogP contribution >= 0.6 is 0 Å². The summed E-state index contributed by atoms with van der Waals surface area (Å²) in [4.78, 5) is 32.6. The highest BCUT2D eigenvalue weighted by atomic mass is 16.4. The van der Waals surface area contributed by atoms with Crippen LogP contribution in [0.3, 0.4) is 0 Å². The summed E-state index contributed by atoms with van der Waals surface area (Å²) >= 11 is 0. The van der Waals surface area contributed by atoms with E-state index in [-0.39, 0.29) is 25.2 Å². The molecule has 0 bridgehead atoms. The largest absolute Gasteiger partial charge is 0.481 e. The zero-order valence-electron chi connectivity index (χ0n) is 12.4. The van der Waals surface area contributed by atoms with Gasteiger partial charge in [-0.25, -0.2) is 0 Å². The number of aliphatic carboxylic acids is 1. The maximum absolute atomic E-state index is 11.5. The van der Waals surface area contributed by atoms with Crippen molar-refractivity contribution in [2.75, 3.05) is 0 Å². The maximum atomic E-state index is 11.5. The van der Waals surface area contributed by atoms with Crippen LogP contribution in [0.15, 0.2) is 36.1 Å². The minimum absolute atomic E-state index is 0.0507. The summed E-state index contributed by atoms with van der Waals surface area (Å²) in [6.07, 6.45) is 3.81. The molecule has 0 saturated heterocycles. The van der Waals surface area contributed by atoms with Gasteiger partial charge in [0, 0.05) is 12.8 Å². The van der Waals surface area contributed by atoms with E-state index in [4.69, 9.17) is 5.11 Å². The molecule has 1 aromatic carbocycles. The second kappa shape index (κ2) is 9.32. The molecule has 0 aliphatic carbocycles. The number of aldehydes is 1. The standard InChI is InChI=1S/C17H19NO4/c1-13-7-9-14(10-8-13)4-2-5-15(12-17(21)22)18-16(20)6-3-11-19/h4-5,7-11,15H,3,6,12H2,1H3,(H,18,20)(H,21,22). The molecule has 1 unspecified atom stereocenters. The summed E-state index contributed by atoms with van der Waals surface area (Å²) in [5.74, 6) is -1.37. The van der Waals surface area contributed by atoms with Crippen LogP contribution in [0.4, 0.5) is 0 Å². The van der Waals surface area contributed by atoms with E-state index in [9.17, 15) is 14.4 Å². The van der Waals surface area contributed by atoms with E-state index >= 15 is 0 Å². The van der Waals surface area contributed by atoms with Gasteiger partial charge in [0.2, 0.25) is 5.91 Å². The van der Waals surface area contributed by atoms with E-state index in [0.29, 0.717) is 6.29 Å². The van der Waals surface area contributed by atoms with Crippen LogP contribution in [0.5, 0.6) is 0 Å². The average Bonchev–Trinajstić information content (AvgIpc) is 2.46. The Kier molecular flexibility index (Phi) is 7.37. The highest BCUT2D eigenvalue weighted by molar-refractivity contribution is 5.79. The van der Waals surface area contributed by atoms with Crippen molar-refractivity contribution in [3.8, 4) is 0 Å². The van der Waals surface area contributed by atoms with Crippen LogP contribution in [0.2, 0.25) is 0 Å². The van der Waals surface area contributed by atoms with Crippen molar-refractivity contribution in [3.63, 3.8) is 0 Å². The molecule has 0 aliphatic heterocycles. The van der Waals surface area contributed by atoms with Crippen molar-refractivity contribution in [3.05, 3.63) is 47.2 Å². The Labute approximate surface area is 129 Å². The molecule has 116 valence electrons. The Hall–Kier alpha value is -2.65. The molecule has 1 atom stereocenters. The first-order valence-electron chi connectivity index (χ1n) is 6.95. The lowest BCUT2D eigenvalue weighted by Crippen LogP contribution is -2.34. The molecular formula is C17H19NO4. The van der Waals surface area contributed by atoms with E-state index in [0.717, 1.165) is 11.1 Å². The molecule has 0 saturated carbocycles. The number of carbonyl (C=O) groups is 3. The van der Waals surface area contributed by atoms with Crippen LogP contribution in [0, 0.1) is 6.92 Å². The number of aryl methyl sites for hydroxylation is 1. The molecule has 1 amide bonds. The predicted octanol–water partition coefficient (Wildman–Crippen LogP) is 2.10. The van der Waals surface area contributed by atoms with E-state index in [2.05, 4.69) is 11.0 Å². The first-order chi connectivity index (χ1) is 10.5. The molecule has 1 rings (SSSR count). The molecule has 0 radical (unpaired) electrons. The molecule has 0 aromatic heterocycles. The van der Waals surface area contributed by atoms with Crippen molar-refractivity contribution in [2.24, 2.45) is 0 Å². The van der Waals surface area contributed by atoms with Gasteiger partial charge in [0.25, 0.3) is 0 Å². The number of rotatable bonds is 8. The minimum atomic E-state index is -1.02. The Morgan fingerprint density at radius 3 is 2.59 bits per heavy atom. The molecule has 0 fully saturated rings. The smallest absolute Gasteiger partial charge is 0.305 e. The Balaban J connectivity index is 2.72. The van der Waals surface area contributed by atoms with Crippen LogP contribution in [-0.4, -0.2) is 29.3 Å². The van der Waals surface area contributed by atoms with Gasteiger partial charge in [0.15, 0.2) is 0 Å². The van der Waals surface area contributed by atoms with Gasteiger partial charge in [-0.1, -0.05) is 29.8 Å². The van der Waals surface area contributed by atoms with Crippen LogP contribution in [-0.2, 0) is 14.4 Å². The van der Waals surface area contributed by atoms with E-state index in [1.165, 1.54) is 6.08 Å². The predicted molar refractivity (Wildman–Crippen MR) is 83.2 cm³/mol. The van der Waals surface area contributed by atoms with Gasteiger partial charge < -0.3 is 15.2 Å². The van der Waals surface area contributed by atoms with Crippen molar-refractivity contribution in [2.45, 2.75) is 32.2 Å². The molecule has 0 heterocycles. The molecule has 1 aromatic rings. The van der Waals surface area contributed by atoms with Gasteiger partial charge >= 0.3 is 5.97 Å². The summed E-state index contributed by atoms with van der Waals surface area (Å²) in [6, 6.07) is 7.11. The van der Waals surface area contributed by atoms with Gasteiger partial charge in [-0.3, -0.25) is 9.59 Å². The molecule has 22 heavy (non-hydrogen) atoms. The quantitative estimate of drug-likeness (QED) is 0.569. The lowest BCUT2D eigenvalue weighted by Gasteiger charge is -2.11. The second-order valence-corrected chi connectivity index (χ2v) is 4.87.